The molecule has 0 aliphatic carbocycles. The second-order valence-corrected chi connectivity index (χ2v) is 3.53. The van der Waals surface area contributed by atoms with Gasteiger partial charge in [0, 0.05) is 13.1 Å². The summed E-state index contributed by atoms with van der Waals surface area (Å²) in [6.07, 6.45) is 1.25. The Kier molecular flexibility index (Phi) is 4.69. The number of benzene rings is 1. The van der Waals surface area contributed by atoms with Crippen LogP contribution in [0.4, 0.5) is 4.39 Å². The van der Waals surface area contributed by atoms with Crippen LogP contribution in [0.15, 0.2) is 30.9 Å². The Morgan fingerprint density at radius 1 is 1.59 bits per heavy atom. The highest BCUT2D eigenvalue weighted by Crippen LogP contribution is 2.18. The molecule has 17 heavy (non-hydrogen) atoms. The first-order valence-corrected chi connectivity index (χ1v) is 5.36. The maximum atomic E-state index is 13.4. The van der Waals surface area contributed by atoms with Crippen molar-refractivity contribution < 1.29 is 13.9 Å². The lowest BCUT2D eigenvalue weighted by atomic mass is 10.2. The summed E-state index contributed by atoms with van der Waals surface area (Å²) in [5.41, 5.74) is 0.723. The molecule has 1 aromatic carbocycles. The first-order valence-electron chi connectivity index (χ1n) is 5.36. The maximum absolute atomic E-state index is 13.4. The van der Waals surface area contributed by atoms with Crippen LogP contribution in [0, 0.1) is 5.82 Å². The predicted octanol–water partition coefficient (Wildman–Crippen LogP) is 2.37. The molecule has 1 aromatic rings. The van der Waals surface area contributed by atoms with Crippen molar-refractivity contribution in [3.63, 3.8) is 0 Å². The number of halogens is 1. The minimum Gasteiger partial charge on any atom is -0.494 e. The van der Waals surface area contributed by atoms with Crippen molar-refractivity contribution in [3.05, 3.63) is 42.2 Å². The van der Waals surface area contributed by atoms with Gasteiger partial charge in [0.05, 0.1) is 7.11 Å². The van der Waals surface area contributed by atoms with Crippen molar-refractivity contribution in [2.75, 3.05) is 13.7 Å². The van der Waals surface area contributed by atoms with Crippen molar-refractivity contribution in [1.29, 1.82) is 0 Å². The third-order valence-corrected chi connectivity index (χ3v) is 2.46. The Morgan fingerprint density at radius 2 is 2.29 bits per heavy atom. The number of likely N-dealkylation sites (N-methyl/N-ethyl adjacent to an activating group) is 1. The van der Waals surface area contributed by atoms with Gasteiger partial charge in [-0.25, -0.2) is 4.39 Å². The molecule has 0 heterocycles. The predicted molar refractivity (Wildman–Crippen MR) is 64.2 cm³/mol. The van der Waals surface area contributed by atoms with Crippen LogP contribution in [0.25, 0.3) is 0 Å². The molecule has 0 N–H and O–H groups in total. The molecular formula is C13H16FNO2. The van der Waals surface area contributed by atoms with Crippen LogP contribution in [0.2, 0.25) is 0 Å². The Labute approximate surface area is 100 Å². The molecule has 0 atom stereocenters. The first kappa shape index (κ1) is 13.2. The summed E-state index contributed by atoms with van der Waals surface area (Å²) in [6.45, 7) is 6.21. The van der Waals surface area contributed by atoms with E-state index < -0.39 is 5.82 Å². The van der Waals surface area contributed by atoms with Crippen molar-refractivity contribution in [2.24, 2.45) is 0 Å². The van der Waals surface area contributed by atoms with Crippen molar-refractivity contribution >= 4 is 5.91 Å². The summed E-state index contributed by atoms with van der Waals surface area (Å²) in [6, 6.07) is 4.66. The number of ether oxygens (including phenoxy) is 1. The van der Waals surface area contributed by atoms with Gasteiger partial charge in [0.25, 0.3) is 0 Å². The minimum atomic E-state index is -0.424. The van der Waals surface area contributed by atoms with E-state index in [1.807, 2.05) is 6.92 Å². The normalized spacial score (nSPS) is 9.82. The molecule has 4 heteroatoms. The lowest BCUT2D eigenvalue weighted by molar-refractivity contribution is -0.126. The number of amides is 1. The first-order chi connectivity index (χ1) is 8.12. The fourth-order valence-electron chi connectivity index (χ4n) is 1.50. The molecule has 0 radical (unpaired) electrons. The topological polar surface area (TPSA) is 29.5 Å². The van der Waals surface area contributed by atoms with Gasteiger partial charge < -0.3 is 9.64 Å². The zero-order valence-electron chi connectivity index (χ0n) is 10.1. The average molecular weight is 237 g/mol. The van der Waals surface area contributed by atoms with Crippen LogP contribution in [0.1, 0.15) is 12.5 Å². The molecule has 0 aliphatic heterocycles. The van der Waals surface area contributed by atoms with Gasteiger partial charge in [0.1, 0.15) is 0 Å². The van der Waals surface area contributed by atoms with Gasteiger partial charge in [-0.3, -0.25) is 4.79 Å². The number of methoxy groups -OCH3 is 1. The van der Waals surface area contributed by atoms with E-state index in [1.54, 1.807) is 17.0 Å². The molecule has 1 amide bonds. The minimum absolute atomic E-state index is 0.163. The van der Waals surface area contributed by atoms with Gasteiger partial charge in [-0.2, -0.15) is 0 Å². The highest BCUT2D eigenvalue weighted by atomic mass is 19.1. The summed E-state index contributed by atoms with van der Waals surface area (Å²) in [5, 5.41) is 0. The summed E-state index contributed by atoms with van der Waals surface area (Å²) in [4.78, 5) is 13.0. The SMILES string of the molecule is C=CC(=O)N(CC)Cc1ccc(OC)c(F)c1. The lowest BCUT2D eigenvalue weighted by Gasteiger charge is -2.19. The molecule has 1 rings (SSSR count). The summed E-state index contributed by atoms with van der Waals surface area (Å²) in [7, 11) is 1.41. The summed E-state index contributed by atoms with van der Waals surface area (Å²) >= 11 is 0. The molecule has 0 unspecified atom stereocenters. The van der Waals surface area contributed by atoms with Gasteiger partial charge in [-0.1, -0.05) is 12.6 Å². The van der Waals surface area contributed by atoms with Gasteiger partial charge in [0.15, 0.2) is 11.6 Å². The maximum Gasteiger partial charge on any atom is 0.246 e. The summed E-state index contributed by atoms with van der Waals surface area (Å²) < 4.78 is 18.3. The zero-order chi connectivity index (χ0) is 12.8. The number of nitrogens with zero attached hydrogens (tertiary/aromatic N) is 1. The quantitative estimate of drug-likeness (QED) is 0.736. The van der Waals surface area contributed by atoms with E-state index in [0.717, 1.165) is 5.56 Å². The van der Waals surface area contributed by atoms with Crippen LogP contribution in [0.5, 0.6) is 5.75 Å². The molecule has 0 aromatic heterocycles. The summed E-state index contributed by atoms with van der Waals surface area (Å²) in [5.74, 6) is -0.386. The number of carbonyl (C=O) groups excluding carboxylic acids is 1. The van der Waals surface area contributed by atoms with Crippen LogP contribution < -0.4 is 4.74 Å². The average Bonchev–Trinajstić information content (AvgIpc) is 2.35. The van der Waals surface area contributed by atoms with Gasteiger partial charge in [0.2, 0.25) is 5.91 Å². The number of carbonyl (C=O) groups is 1. The smallest absolute Gasteiger partial charge is 0.246 e. The number of hydrogen-bond donors (Lipinski definition) is 0. The third-order valence-electron chi connectivity index (χ3n) is 2.46. The highest BCUT2D eigenvalue weighted by Gasteiger charge is 2.10. The second-order valence-electron chi connectivity index (χ2n) is 3.53. The van der Waals surface area contributed by atoms with E-state index in [4.69, 9.17) is 4.74 Å². The van der Waals surface area contributed by atoms with E-state index in [2.05, 4.69) is 6.58 Å². The Morgan fingerprint density at radius 3 is 2.76 bits per heavy atom. The van der Waals surface area contributed by atoms with Crippen LogP contribution >= 0.6 is 0 Å². The molecule has 3 nitrogen and oxygen atoms in total. The van der Waals surface area contributed by atoms with Gasteiger partial charge in [-0.05, 0) is 30.7 Å². The Hall–Kier alpha value is -1.84. The fraction of sp³-hybridized carbons (Fsp3) is 0.308. The second kappa shape index (κ2) is 6.03. The van der Waals surface area contributed by atoms with Crippen molar-refractivity contribution in [2.45, 2.75) is 13.5 Å². The zero-order valence-corrected chi connectivity index (χ0v) is 10.1. The molecule has 92 valence electrons. The van der Waals surface area contributed by atoms with Crippen molar-refractivity contribution in [1.82, 2.24) is 4.90 Å². The molecular weight excluding hydrogens is 221 g/mol. The van der Waals surface area contributed by atoms with Crippen LogP contribution in [-0.2, 0) is 11.3 Å². The molecule has 0 spiro atoms. The Balaban J connectivity index is 2.83. The Bertz CT molecular complexity index is 418. The van der Waals surface area contributed by atoms with Gasteiger partial charge >= 0.3 is 0 Å². The van der Waals surface area contributed by atoms with Crippen LogP contribution in [-0.4, -0.2) is 24.5 Å². The monoisotopic (exact) mass is 237 g/mol. The number of hydrogen-bond acceptors (Lipinski definition) is 2. The highest BCUT2D eigenvalue weighted by molar-refractivity contribution is 5.86. The van der Waals surface area contributed by atoms with Gasteiger partial charge in [-0.15, -0.1) is 0 Å². The largest absolute Gasteiger partial charge is 0.494 e. The van der Waals surface area contributed by atoms with E-state index >= 15 is 0 Å². The standard InChI is InChI=1S/C13H16FNO2/c1-4-13(16)15(5-2)9-10-6-7-12(17-3)11(14)8-10/h4,6-8H,1,5,9H2,2-3H3. The van der Waals surface area contributed by atoms with Crippen LogP contribution in [0.3, 0.4) is 0 Å². The number of rotatable bonds is 5. The molecule has 0 aliphatic rings. The molecule has 0 bridgehead atoms. The lowest BCUT2D eigenvalue weighted by Crippen LogP contribution is -2.28. The molecule has 0 saturated heterocycles. The van der Waals surface area contributed by atoms with E-state index in [9.17, 15) is 9.18 Å². The van der Waals surface area contributed by atoms with Crippen molar-refractivity contribution in [3.8, 4) is 5.75 Å². The third kappa shape index (κ3) is 3.31. The van der Waals surface area contributed by atoms with E-state index in [0.29, 0.717) is 13.1 Å². The molecule has 0 fully saturated rings. The molecule has 0 saturated carbocycles. The van der Waals surface area contributed by atoms with E-state index in [1.165, 1.54) is 19.3 Å². The van der Waals surface area contributed by atoms with E-state index in [-0.39, 0.29) is 11.7 Å². The fourth-order valence-corrected chi connectivity index (χ4v) is 1.50.